The van der Waals surface area contributed by atoms with Crippen molar-refractivity contribution in [1.29, 1.82) is 0 Å². The van der Waals surface area contributed by atoms with E-state index < -0.39 is 114 Å². The van der Waals surface area contributed by atoms with Crippen molar-refractivity contribution in [2.45, 2.75) is 48.8 Å². The molecule has 4 saturated heterocycles. The maximum absolute atomic E-state index is 11.5. The van der Waals surface area contributed by atoms with Crippen LogP contribution in [0.15, 0.2) is 0 Å². The number of carboxylic acid groups (broad SMARTS) is 2. The van der Waals surface area contributed by atoms with E-state index in [0.717, 1.165) is 0 Å². The van der Waals surface area contributed by atoms with E-state index in [1.165, 1.54) is 0 Å². The van der Waals surface area contributed by atoms with Gasteiger partial charge >= 0.3 is 267 Å². The molecule has 43 heavy (non-hydrogen) atoms. The Labute approximate surface area is 318 Å². The third-order valence-corrected chi connectivity index (χ3v) is 12.8. The molecule has 4 fully saturated rings. The molecule has 4 bridgehead atoms. The van der Waals surface area contributed by atoms with Crippen molar-refractivity contribution >= 4 is 52.0 Å². The van der Waals surface area contributed by atoms with Crippen molar-refractivity contribution in [2.75, 3.05) is 13.2 Å². The maximum Gasteiger partial charge on any atom is 1.00 e. The molecule has 4 rings (SSSR count). The van der Waals surface area contributed by atoms with Crippen LogP contribution >= 0.6 is 0 Å². The van der Waals surface area contributed by atoms with Gasteiger partial charge in [0.15, 0.2) is 0 Å². The molecule has 0 aromatic carbocycles. The van der Waals surface area contributed by atoms with Crippen LogP contribution in [0.3, 0.4) is 0 Å². The zero-order valence-electron chi connectivity index (χ0n) is 22.6. The van der Waals surface area contributed by atoms with E-state index in [4.69, 9.17) is 22.3 Å². The van der Waals surface area contributed by atoms with Crippen LogP contribution in [0.2, 0.25) is 0 Å². The van der Waals surface area contributed by atoms with Crippen molar-refractivity contribution in [1.82, 2.24) is 0 Å². The Morgan fingerprint density at radius 1 is 0.581 bits per heavy atom. The molecule has 252 valence electrons. The van der Waals surface area contributed by atoms with Gasteiger partial charge < -0.3 is 54.8 Å². The molecule has 23 N–H and O–H groups in total. The molecule has 26 nitrogen and oxygen atoms in total. The van der Waals surface area contributed by atoms with Crippen molar-refractivity contribution in [3.05, 3.63) is 0 Å². The fourth-order valence-corrected chi connectivity index (χ4v) is 12.8. The van der Waals surface area contributed by atoms with Crippen LogP contribution in [-0.2, 0) is 33.7 Å². The summed E-state index contributed by atoms with van der Waals surface area (Å²) in [4.78, 5) is 21.1. The maximum atomic E-state index is 11.5. The van der Waals surface area contributed by atoms with Gasteiger partial charge in [-0.2, -0.15) is 0 Å². The molecule has 4 aliphatic heterocycles. The molecule has 0 aromatic rings. The first kappa shape index (κ1) is 75.6. The van der Waals surface area contributed by atoms with Gasteiger partial charge in [0, 0.05) is 0 Å². The zero-order chi connectivity index (χ0) is 22.4. The third kappa shape index (κ3) is 17.0. The zero-order valence-corrected chi connectivity index (χ0v) is 33.7. The third-order valence-electron chi connectivity index (χ3n) is 4.33. The number of carbonyl (C=O) groups is 2. The van der Waals surface area contributed by atoms with Crippen LogP contribution < -0.4 is 98.9 Å². The van der Waals surface area contributed by atoms with Gasteiger partial charge in [-0.15, -0.1) is 0 Å². The average Bonchev–Trinajstić information content (AvgIpc) is 3.41. The van der Waals surface area contributed by atoms with Gasteiger partial charge in [0.05, 0.1) is 0 Å². The fourth-order valence-electron chi connectivity index (χ4n) is 2.98. The number of hydrogen-bond acceptors (Lipinski definition) is 17. The standard InChI is InChI=1S/2C6H9O7.3Na.10H2O.2O.2Sb/c2*7-1-2(8)3(9)4(10)5(11)6(12)13;;;;;;;;;;;;;;;;;/h2*2-5,7-8H,1H2,(H,12,13);;;;10*1H2;;;;/q2*-3;3*+1;;;;;;;;;;;;;2*+3/p-3/t2*2-,3-,4+,5-;;;;;;;;;;;;;;;;;/m11................./s1. The number of rotatable bonds is 6. The number of aliphatic hydroxyl groups excluding tert-OH is 4. The van der Waals surface area contributed by atoms with Crippen molar-refractivity contribution < 1.29 is 208 Å². The molecule has 0 amide bonds. The summed E-state index contributed by atoms with van der Waals surface area (Å²) in [7, 11) is 0. The fraction of sp³-hybridized carbons (Fsp3) is 0.833. The van der Waals surface area contributed by atoms with E-state index in [9.17, 15) is 36.1 Å². The summed E-state index contributed by atoms with van der Waals surface area (Å²) >= 11 is -9.69. The average molecular weight is 908 g/mol. The molecule has 0 saturated carbocycles. The molecular weight excluding hydrogens is 873 g/mol. The number of carboxylic acids is 2. The molecule has 4 aliphatic rings. The Hall–Kier alpha value is 2.38. The second-order valence-electron chi connectivity index (χ2n) is 6.36. The van der Waals surface area contributed by atoms with Crippen molar-refractivity contribution in [3.8, 4) is 0 Å². The van der Waals surface area contributed by atoms with E-state index in [1.54, 1.807) is 0 Å². The van der Waals surface area contributed by atoms with E-state index in [2.05, 4.69) is 6.03 Å². The van der Waals surface area contributed by atoms with Gasteiger partial charge in [0.2, 0.25) is 0 Å². The van der Waals surface area contributed by atoms with E-state index in [-0.39, 0.29) is 143 Å². The summed E-state index contributed by atoms with van der Waals surface area (Å²) in [5.41, 5.74) is 0. The molecule has 4 heterocycles. The Morgan fingerprint density at radius 2 is 0.814 bits per heavy atom. The Bertz CT molecular complexity index is 745. The van der Waals surface area contributed by atoms with Crippen LogP contribution in [0.4, 0.5) is 0 Å². The van der Waals surface area contributed by atoms with Crippen LogP contribution in [0.1, 0.15) is 0 Å². The van der Waals surface area contributed by atoms with Gasteiger partial charge in [0.25, 0.3) is 0 Å². The predicted octanol–water partition coefficient (Wildman–Crippen LogP) is -24.3. The van der Waals surface area contributed by atoms with Gasteiger partial charge in [-0.25, -0.2) is 0 Å². The largest absolute Gasteiger partial charge is 1.00 e. The van der Waals surface area contributed by atoms with E-state index in [1.807, 2.05) is 0 Å². The second-order valence-corrected chi connectivity index (χ2v) is 15.1. The van der Waals surface area contributed by atoms with Crippen LogP contribution in [0, 0.1) is 0 Å². The topological polar surface area (TPSA) is 564 Å². The normalized spacial score (nSPS) is 31.8. The molecular formula is C12H35Na3O26Sb2. The smallest absolute Gasteiger partial charge is 0.870 e. The Morgan fingerprint density at radius 3 is 0.977 bits per heavy atom. The first-order valence-corrected chi connectivity index (χ1v) is 16.6. The molecule has 10 atom stereocenters. The molecule has 0 aliphatic carbocycles. The number of aliphatic carboxylic acids is 2. The summed E-state index contributed by atoms with van der Waals surface area (Å²) in [6, 6.07) is 0. The molecule has 2 unspecified atom stereocenters. The van der Waals surface area contributed by atoms with Crippen LogP contribution in [0.25, 0.3) is 0 Å². The molecule has 0 aromatic heterocycles. The summed E-state index contributed by atoms with van der Waals surface area (Å²) in [5.74, 6) is -3.16. The van der Waals surface area contributed by atoms with Crippen molar-refractivity contribution in [2.24, 2.45) is 0 Å². The van der Waals surface area contributed by atoms with Crippen molar-refractivity contribution in [3.63, 3.8) is 0 Å². The first-order chi connectivity index (χ1) is 13.9. The van der Waals surface area contributed by atoms with E-state index >= 15 is 0 Å². The summed E-state index contributed by atoms with van der Waals surface area (Å²) in [6.45, 7) is -1.30. The minimum absolute atomic E-state index is 0. The molecule has 31 heteroatoms. The van der Waals surface area contributed by atoms with Crippen LogP contribution in [0.5, 0.6) is 0 Å². The number of fused-ring (bicyclic) bond motifs is 4. The van der Waals surface area contributed by atoms with Gasteiger partial charge in [-0.05, 0) is 0 Å². The second kappa shape index (κ2) is 30.4. The monoisotopic (exact) mass is 906 g/mol. The Kier molecular flexibility index (Phi) is 53.5. The number of carbonyl (C=O) groups excluding carboxylic acids is 2. The van der Waals surface area contributed by atoms with Gasteiger partial charge in [-0.1, -0.05) is 0 Å². The SMILES string of the molecule is O.O.O.O.O.O.O.O.O.O=C([O-])[C@@H]1[O][Sb]2(=[O])[O][C@H]([C@H](O)CO)[C@@H]1[O]2.O=C([O-])[C@@H]1[O][Sb]2(=[O])[O][C@H]([C@H](O)CO)[C@@H]1[O]2.[Na+].[Na+].[Na+].[OH-]. The van der Waals surface area contributed by atoms with Gasteiger partial charge in [-0.3, -0.25) is 0 Å². The Balaban J connectivity index is -0.0000000406. The summed E-state index contributed by atoms with van der Waals surface area (Å²) < 4.78 is 51.3. The predicted molar refractivity (Wildman–Crippen MR) is 113 cm³/mol. The molecule has 0 radical (unpaired) electrons. The first-order valence-electron chi connectivity index (χ1n) is 8.23. The molecule has 0 spiro atoms. The quantitative estimate of drug-likeness (QED) is 0.180. The number of aliphatic hydroxyl groups is 4. The minimum atomic E-state index is -4.84. The van der Waals surface area contributed by atoms with E-state index in [0.29, 0.717) is 0 Å². The summed E-state index contributed by atoms with van der Waals surface area (Å²) in [6.07, 6.45) is -10.4. The van der Waals surface area contributed by atoms with Crippen LogP contribution in [-0.4, -0.2) is 189 Å². The number of hydrogen-bond donors (Lipinski definition) is 4. The minimum Gasteiger partial charge on any atom is -0.870 e. The summed E-state index contributed by atoms with van der Waals surface area (Å²) in [5, 5.41) is 57.0. The van der Waals surface area contributed by atoms with Gasteiger partial charge in [0.1, 0.15) is 0 Å².